The summed E-state index contributed by atoms with van der Waals surface area (Å²) in [6.07, 6.45) is -2.41. The van der Waals surface area contributed by atoms with Crippen molar-refractivity contribution in [2.75, 3.05) is 58.8 Å². The standard InChI is InChI=1S/C20H28F3N5O2/c1-25(2)19(30)16-13-26(3)10-11-28(16)18(29)14-6-8-27(9-7-14)17-5-4-15(12-24-17)20(21,22)23/h4-5,12,14,16H,6-11,13H2,1-3H3/t16-/m0/s1. The first-order valence-electron chi connectivity index (χ1n) is 10.1. The molecule has 0 N–H and O–H groups in total. The summed E-state index contributed by atoms with van der Waals surface area (Å²) in [5, 5.41) is 0. The first-order chi connectivity index (χ1) is 14.1. The third kappa shape index (κ3) is 4.85. The van der Waals surface area contributed by atoms with Crippen molar-refractivity contribution >= 4 is 17.6 Å². The summed E-state index contributed by atoms with van der Waals surface area (Å²) in [4.78, 5) is 36.9. The molecular weight excluding hydrogens is 399 g/mol. The summed E-state index contributed by atoms with van der Waals surface area (Å²) in [6.45, 7) is 2.82. The number of pyridine rings is 1. The molecule has 1 atom stereocenters. The van der Waals surface area contributed by atoms with E-state index in [0.717, 1.165) is 18.8 Å². The SMILES string of the molecule is CN1CCN(C(=O)C2CCN(c3ccc(C(F)(F)F)cn3)CC2)[C@H](C(=O)N(C)C)C1. The molecule has 0 unspecified atom stereocenters. The summed E-state index contributed by atoms with van der Waals surface area (Å²) in [6, 6.07) is 1.92. The second-order valence-electron chi connectivity index (χ2n) is 8.21. The van der Waals surface area contributed by atoms with Gasteiger partial charge in [-0.1, -0.05) is 0 Å². The van der Waals surface area contributed by atoms with Gasteiger partial charge in [0.1, 0.15) is 11.9 Å². The van der Waals surface area contributed by atoms with E-state index in [1.165, 1.54) is 11.0 Å². The third-order valence-electron chi connectivity index (χ3n) is 5.84. The van der Waals surface area contributed by atoms with Crippen LogP contribution in [0.15, 0.2) is 18.3 Å². The van der Waals surface area contributed by atoms with Crippen LogP contribution in [0, 0.1) is 5.92 Å². The summed E-state index contributed by atoms with van der Waals surface area (Å²) < 4.78 is 38.1. The molecule has 3 rings (SSSR count). The Morgan fingerprint density at radius 3 is 2.30 bits per heavy atom. The minimum absolute atomic E-state index is 0.0108. The molecule has 0 radical (unpaired) electrons. The van der Waals surface area contributed by atoms with Gasteiger partial charge >= 0.3 is 6.18 Å². The molecule has 0 aliphatic carbocycles. The molecule has 2 saturated heterocycles. The van der Waals surface area contributed by atoms with Crippen molar-refractivity contribution in [2.24, 2.45) is 5.92 Å². The van der Waals surface area contributed by atoms with E-state index in [-0.39, 0.29) is 17.7 Å². The summed E-state index contributed by atoms with van der Waals surface area (Å²) in [5.74, 6) is 0.190. The molecule has 0 bridgehead atoms. The van der Waals surface area contributed by atoms with Crippen molar-refractivity contribution in [2.45, 2.75) is 25.1 Å². The van der Waals surface area contributed by atoms with Crippen molar-refractivity contribution in [3.8, 4) is 0 Å². The maximum Gasteiger partial charge on any atom is 0.417 e. The van der Waals surface area contributed by atoms with Gasteiger partial charge in [-0.15, -0.1) is 0 Å². The zero-order chi connectivity index (χ0) is 22.1. The number of carbonyl (C=O) groups excluding carboxylic acids is 2. The number of nitrogens with zero attached hydrogens (tertiary/aromatic N) is 5. The first-order valence-corrected chi connectivity index (χ1v) is 10.1. The van der Waals surface area contributed by atoms with Crippen LogP contribution in [0.2, 0.25) is 0 Å². The molecular formula is C20H28F3N5O2. The van der Waals surface area contributed by atoms with E-state index in [2.05, 4.69) is 9.88 Å². The van der Waals surface area contributed by atoms with E-state index < -0.39 is 17.8 Å². The van der Waals surface area contributed by atoms with Crippen molar-refractivity contribution in [1.29, 1.82) is 0 Å². The Bertz CT molecular complexity index is 761. The summed E-state index contributed by atoms with van der Waals surface area (Å²) >= 11 is 0. The highest BCUT2D eigenvalue weighted by molar-refractivity contribution is 5.89. The Morgan fingerprint density at radius 1 is 1.10 bits per heavy atom. The lowest BCUT2D eigenvalue weighted by Crippen LogP contribution is -2.61. The number of alkyl halides is 3. The fourth-order valence-electron chi connectivity index (χ4n) is 4.02. The van der Waals surface area contributed by atoms with Gasteiger partial charge in [-0.05, 0) is 32.0 Å². The van der Waals surface area contributed by atoms with Gasteiger partial charge in [-0.25, -0.2) is 4.98 Å². The Labute approximate surface area is 174 Å². The summed E-state index contributed by atoms with van der Waals surface area (Å²) in [5.41, 5.74) is -0.775. The van der Waals surface area contributed by atoms with Gasteiger partial charge in [0, 0.05) is 58.9 Å². The molecule has 2 fully saturated rings. The van der Waals surface area contributed by atoms with Gasteiger partial charge in [0.2, 0.25) is 11.8 Å². The Kier molecular flexibility index (Phi) is 6.54. The molecule has 30 heavy (non-hydrogen) atoms. The quantitative estimate of drug-likeness (QED) is 0.733. The van der Waals surface area contributed by atoms with Crippen LogP contribution in [0.1, 0.15) is 18.4 Å². The van der Waals surface area contributed by atoms with Gasteiger partial charge in [-0.3, -0.25) is 9.59 Å². The molecule has 1 aromatic heterocycles. The molecule has 166 valence electrons. The van der Waals surface area contributed by atoms with Crippen LogP contribution in [0.4, 0.5) is 19.0 Å². The number of anilines is 1. The van der Waals surface area contributed by atoms with Crippen LogP contribution in [0.5, 0.6) is 0 Å². The molecule has 0 spiro atoms. The lowest BCUT2D eigenvalue weighted by Gasteiger charge is -2.42. The Hall–Kier alpha value is -2.36. The molecule has 2 amide bonds. The molecule has 7 nitrogen and oxygen atoms in total. The molecule has 10 heteroatoms. The molecule has 1 aromatic rings. The minimum Gasteiger partial charge on any atom is -0.357 e. The third-order valence-corrected chi connectivity index (χ3v) is 5.84. The van der Waals surface area contributed by atoms with E-state index in [1.54, 1.807) is 19.0 Å². The second-order valence-corrected chi connectivity index (χ2v) is 8.21. The van der Waals surface area contributed by atoms with Crippen LogP contribution < -0.4 is 4.90 Å². The van der Waals surface area contributed by atoms with Crippen molar-refractivity contribution in [3.05, 3.63) is 23.9 Å². The van der Waals surface area contributed by atoms with Crippen molar-refractivity contribution < 1.29 is 22.8 Å². The zero-order valence-corrected chi connectivity index (χ0v) is 17.5. The topological polar surface area (TPSA) is 60.0 Å². The van der Waals surface area contributed by atoms with Crippen LogP contribution >= 0.6 is 0 Å². The van der Waals surface area contributed by atoms with Gasteiger partial charge in [-0.2, -0.15) is 13.2 Å². The average molecular weight is 427 g/mol. The second kappa shape index (κ2) is 8.79. The number of amides is 2. The van der Waals surface area contributed by atoms with E-state index in [4.69, 9.17) is 0 Å². The van der Waals surface area contributed by atoms with Gasteiger partial charge in [0.05, 0.1) is 5.56 Å². The monoisotopic (exact) mass is 427 g/mol. The number of hydrogen-bond acceptors (Lipinski definition) is 5. The van der Waals surface area contributed by atoms with Crippen LogP contribution in [-0.2, 0) is 15.8 Å². The molecule has 3 heterocycles. The maximum atomic E-state index is 13.2. The number of rotatable bonds is 3. The number of piperidine rings is 1. The Morgan fingerprint density at radius 2 is 1.77 bits per heavy atom. The van der Waals surface area contributed by atoms with Crippen LogP contribution in [0.25, 0.3) is 0 Å². The number of piperazine rings is 1. The smallest absolute Gasteiger partial charge is 0.357 e. The average Bonchev–Trinajstić information content (AvgIpc) is 2.72. The number of likely N-dealkylation sites (N-methyl/N-ethyl adjacent to an activating group) is 2. The minimum atomic E-state index is -4.41. The fraction of sp³-hybridized carbons (Fsp3) is 0.650. The highest BCUT2D eigenvalue weighted by Gasteiger charge is 2.38. The predicted octanol–water partition coefficient (Wildman–Crippen LogP) is 1.55. The lowest BCUT2D eigenvalue weighted by molar-refractivity contribution is -0.150. The van der Waals surface area contributed by atoms with Crippen molar-refractivity contribution in [3.63, 3.8) is 0 Å². The number of hydrogen-bond donors (Lipinski definition) is 0. The fourth-order valence-corrected chi connectivity index (χ4v) is 4.02. The predicted molar refractivity (Wildman–Crippen MR) is 106 cm³/mol. The van der Waals surface area contributed by atoms with E-state index in [1.807, 2.05) is 11.9 Å². The molecule has 2 aliphatic heterocycles. The maximum absolute atomic E-state index is 13.2. The number of aromatic nitrogens is 1. The largest absolute Gasteiger partial charge is 0.417 e. The zero-order valence-electron chi connectivity index (χ0n) is 17.5. The van der Waals surface area contributed by atoms with Gasteiger partial charge < -0.3 is 19.6 Å². The van der Waals surface area contributed by atoms with Crippen LogP contribution in [-0.4, -0.2) is 91.4 Å². The summed E-state index contributed by atoms with van der Waals surface area (Å²) in [7, 11) is 5.32. The number of halogens is 3. The number of carbonyl (C=O) groups is 2. The highest BCUT2D eigenvalue weighted by atomic mass is 19.4. The normalized spacial score (nSPS) is 21.6. The lowest BCUT2D eigenvalue weighted by atomic mass is 9.94. The van der Waals surface area contributed by atoms with E-state index >= 15 is 0 Å². The highest BCUT2D eigenvalue weighted by Crippen LogP contribution is 2.30. The van der Waals surface area contributed by atoms with Crippen LogP contribution in [0.3, 0.4) is 0 Å². The molecule has 0 saturated carbocycles. The van der Waals surface area contributed by atoms with Crippen molar-refractivity contribution in [1.82, 2.24) is 19.7 Å². The first kappa shape index (κ1) is 22.3. The Balaban J connectivity index is 1.62. The molecule has 2 aliphatic rings. The van der Waals surface area contributed by atoms with E-state index in [9.17, 15) is 22.8 Å². The van der Waals surface area contributed by atoms with Gasteiger partial charge in [0.15, 0.2) is 0 Å². The van der Waals surface area contributed by atoms with E-state index in [0.29, 0.717) is 44.8 Å². The molecule has 0 aromatic carbocycles. The van der Waals surface area contributed by atoms with Gasteiger partial charge in [0.25, 0.3) is 0 Å².